The average Bonchev–Trinajstić information content (AvgIpc) is 2.19. The van der Waals surface area contributed by atoms with E-state index in [0.717, 1.165) is 0 Å². The lowest BCUT2D eigenvalue weighted by atomic mass is 10.3. The van der Waals surface area contributed by atoms with Crippen LogP contribution in [-0.4, -0.2) is 18.6 Å². The van der Waals surface area contributed by atoms with Crippen molar-refractivity contribution in [2.45, 2.75) is 6.04 Å². The van der Waals surface area contributed by atoms with Crippen molar-refractivity contribution in [2.24, 2.45) is 10.2 Å². The Hall–Kier alpha value is -1.55. The largest absolute Gasteiger partial charge is 0.300 e. The van der Waals surface area contributed by atoms with Gasteiger partial charge in [-0.15, -0.1) is 0 Å². The Morgan fingerprint density at radius 3 is 2.57 bits per heavy atom. The number of halogens is 1. The van der Waals surface area contributed by atoms with Crippen molar-refractivity contribution in [3.63, 3.8) is 0 Å². The van der Waals surface area contributed by atoms with E-state index < -0.39 is 6.04 Å². The van der Waals surface area contributed by atoms with Crippen LogP contribution in [0.15, 0.2) is 34.5 Å². The minimum Gasteiger partial charge on any atom is -0.300 e. The number of azo groups is 1. The van der Waals surface area contributed by atoms with E-state index >= 15 is 0 Å². The Bertz CT molecular complexity index is 358. The SMILES string of the molecule is O=CC(C=O)N=Nc1cccc(Cl)c1. The Balaban J connectivity index is 2.77. The van der Waals surface area contributed by atoms with Crippen LogP contribution in [0.25, 0.3) is 0 Å². The van der Waals surface area contributed by atoms with Gasteiger partial charge < -0.3 is 9.59 Å². The second-order valence-corrected chi connectivity index (χ2v) is 2.89. The fraction of sp³-hybridized carbons (Fsp3) is 0.111. The summed E-state index contributed by atoms with van der Waals surface area (Å²) in [5.41, 5.74) is 0.506. The van der Waals surface area contributed by atoms with E-state index in [2.05, 4.69) is 10.2 Å². The van der Waals surface area contributed by atoms with Crippen LogP contribution in [0, 0.1) is 0 Å². The van der Waals surface area contributed by atoms with Gasteiger partial charge in [0.25, 0.3) is 0 Å². The summed E-state index contributed by atoms with van der Waals surface area (Å²) >= 11 is 5.69. The Morgan fingerprint density at radius 2 is 2.00 bits per heavy atom. The number of hydrogen-bond donors (Lipinski definition) is 0. The Kier molecular flexibility index (Phi) is 3.94. The smallest absolute Gasteiger partial charge is 0.181 e. The van der Waals surface area contributed by atoms with Gasteiger partial charge in [-0.1, -0.05) is 17.7 Å². The molecule has 0 N–H and O–H groups in total. The van der Waals surface area contributed by atoms with E-state index in [1.807, 2.05) is 0 Å². The van der Waals surface area contributed by atoms with Crippen LogP contribution >= 0.6 is 11.6 Å². The number of nitrogens with zero attached hydrogens (tertiary/aromatic N) is 2. The number of carbonyl (C=O) groups is 2. The molecular weight excluding hydrogens is 204 g/mol. The van der Waals surface area contributed by atoms with Crippen LogP contribution in [0.2, 0.25) is 5.02 Å². The lowest BCUT2D eigenvalue weighted by Gasteiger charge is -1.93. The zero-order valence-corrected chi connectivity index (χ0v) is 7.89. The predicted octanol–water partition coefficient (Wildman–Crippen LogP) is 2.19. The summed E-state index contributed by atoms with van der Waals surface area (Å²) in [7, 11) is 0. The highest BCUT2D eigenvalue weighted by Crippen LogP contribution is 2.18. The summed E-state index contributed by atoms with van der Waals surface area (Å²) in [6.07, 6.45) is 0.835. The number of carbonyl (C=O) groups excluding carboxylic acids is 2. The molecule has 14 heavy (non-hydrogen) atoms. The van der Waals surface area contributed by atoms with Crippen molar-refractivity contribution >= 4 is 29.9 Å². The number of hydrogen-bond acceptors (Lipinski definition) is 4. The maximum atomic E-state index is 10.2. The van der Waals surface area contributed by atoms with Crippen molar-refractivity contribution < 1.29 is 9.59 Å². The molecule has 72 valence electrons. The van der Waals surface area contributed by atoms with Crippen LogP contribution < -0.4 is 0 Å². The molecule has 1 rings (SSSR count). The highest BCUT2D eigenvalue weighted by molar-refractivity contribution is 6.30. The molecule has 0 spiro atoms. The number of benzene rings is 1. The summed E-state index contributed by atoms with van der Waals surface area (Å²) < 4.78 is 0. The van der Waals surface area contributed by atoms with Crippen LogP contribution in [0.4, 0.5) is 5.69 Å². The summed E-state index contributed by atoms with van der Waals surface area (Å²) in [5.74, 6) is 0. The molecule has 0 radical (unpaired) electrons. The van der Waals surface area contributed by atoms with Crippen LogP contribution in [-0.2, 0) is 9.59 Å². The molecule has 0 heterocycles. The fourth-order valence-corrected chi connectivity index (χ4v) is 0.943. The number of aldehydes is 2. The first-order valence-corrected chi connectivity index (χ1v) is 4.21. The van der Waals surface area contributed by atoms with Gasteiger partial charge in [-0.05, 0) is 18.2 Å². The van der Waals surface area contributed by atoms with Crippen molar-refractivity contribution in [1.82, 2.24) is 0 Å². The molecule has 0 aromatic heterocycles. The molecule has 0 fully saturated rings. The zero-order chi connectivity index (χ0) is 10.4. The Morgan fingerprint density at radius 1 is 1.29 bits per heavy atom. The maximum absolute atomic E-state index is 10.2. The van der Waals surface area contributed by atoms with Crippen molar-refractivity contribution in [3.8, 4) is 0 Å². The van der Waals surface area contributed by atoms with Crippen LogP contribution in [0.3, 0.4) is 0 Å². The molecule has 0 saturated heterocycles. The second-order valence-electron chi connectivity index (χ2n) is 2.46. The first-order valence-electron chi connectivity index (χ1n) is 3.83. The van der Waals surface area contributed by atoms with Gasteiger partial charge in [0.15, 0.2) is 18.6 Å². The molecule has 1 aromatic carbocycles. The van der Waals surface area contributed by atoms with E-state index in [0.29, 0.717) is 23.3 Å². The van der Waals surface area contributed by atoms with Gasteiger partial charge in [-0.3, -0.25) is 0 Å². The van der Waals surface area contributed by atoms with Gasteiger partial charge in [0.1, 0.15) is 0 Å². The zero-order valence-electron chi connectivity index (χ0n) is 7.13. The normalized spacial score (nSPS) is 10.7. The van der Waals surface area contributed by atoms with Crippen molar-refractivity contribution in [2.75, 3.05) is 0 Å². The van der Waals surface area contributed by atoms with Gasteiger partial charge in [0, 0.05) is 5.02 Å². The molecule has 5 heteroatoms. The van der Waals surface area contributed by atoms with Gasteiger partial charge in [-0.2, -0.15) is 10.2 Å². The van der Waals surface area contributed by atoms with Gasteiger partial charge >= 0.3 is 0 Å². The topological polar surface area (TPSA) is 58.9 Å². The third-order valence-corrected chi connectivity index (χ3v) is 1.63. The van der Waals surface area contributed by atoms with Crippen molar-refractivity contribution in [3.05, 3.63) is 29.3 Å². The molecule has 0 aliphatic rings. The minimum atomic E-state index is -1.03. The molecular formula is C9H7ClN2O2. The lowest BCUT2D eigenvalue weighted by molar-refractivity contribution is -0.116. The van der Waals surface area contributed by atoms with E-state index in [1.54, 1.807) is 24.3 Å². The average molecular weight is 211 g/mol. The predicted molar refractivity (Wildman–Crippen MR) is 51.9 cm³/mol. The van der Waals surface area contributed by atoms with E-state index in [9.17, 15) is 9.59 Å². The molecule has 0 unspecified atom stereocenters. The highest BCUT2D eigenvalue weighted by atomic mass is 35.5. The van der Waals surface area contributed by atoms with Gasteiger partial charge in [0.05, 0.1) is 5.69 Å². The monoisotopic (exact) mass is 210 g/mol. The standard InChI is InChI=1S/C9H7ClN2O2/c10-7-2-1-3-8(4-7)11-12-9(5-13)6-14/h1-6,9H. The summed E-state index contributed by atoms with van der Waals surface area (Å²) in [4.78, 5) is 20.4. The maximum Gasteiger partial charge on any atom is 0.181 e. The molecule has 0 aliphatic heterocycles. The molecule has 0 amide bonds. The third kappa shape index (κ3) is 3.06. The second kappa shape index (κ2) is 5.24. The first-order chi connectivity index (χ1) is 6.76. The number of rotatable bonds is 4. The molecule has 0 saturated carbocycles. The minimum absolute atomic E-state index is 0.418. The fourth-order valence-electron chi connectivity index (χ4n) is 0.758. The Labute approximate surface area is 85.6 Å². The summed E-state index contributed by atoms with van der Waals surface area (Å²) in [6.45, 7) is 0. The lowest BCUT2D eigenvalue weighted by Crippen LogP contribution is -2.05. The molecule has 0 bridgehead atoms. The van der Waals surface area contributed by atoms with Crippen LogP contribution in [0.1, 0.15) is 0 Å². The quantitative estimate of drug-likeness (QED) is 0.435. The molecule has 4 nitrogen and oxygen atoms in total. The van der Waals surface area contributed by atoms with Gasteiger partial charge in [-0.25, -0.2) is 0 Å². The molecule has 1 aromatic rings. The summed E-state index contributed by atoms with van der Waals surface area (Å²) in [5, 5.41) is 7.71. The van der Waals surface area contributed by atoms with E-state index in [-0.39, 0.29) is 0 Å². The first kappa shape index (κ1) is 10.5. The van der Waals surface area contributed by atoms with E-state index in [1.165, 1.54) is 0 Å². The molecule has 0 atom stereocenters. The highest BCUT2D eigenvalue weighted by Gasteiger charge is 2.00. The van der Waals surface area contributed by atoms with Gasteiger partial charge in [0.2, 0.25) is 0 Å². The van der Waals surface area contributed by atoms with Crippen molar-refractivity contribution in [1.29, 1.82) is 0 Å². The van der Waals surface area contributed by atoms with E-state index in [4.69, 9.17) is 11.6 Å². The molecule has 0 aliphatic carbocycles. The third-order valence-electron chi connectivity index (χ3n) is 1.39. The summed E-state index contributed by atoms with van der Waals surface area (Å²) in [6, 6.07) is 5.61. The van der Waals surface area contributed by atoms with Crippen LogP contribution in [0.5, 0.6) is 0 Å².